The Morgan fingerprint density at radius 2 is 1.50 bits per heavy atom. The summed E-state index contributed by atoms with van der Waals surface area (Å²) in [5, 5.41) is 0. The molecule has 1 saturated carbocycles. The Kier molecular flexibility index (Phi) is 7.61. The van der Waals surface area contributed by atoms with Crippen molar-refractivity contribution in [2.75, 3.05) is 6.61 Å². The predicted molar refractivity (Wildman–Crippen MR) is 111 cm³/mol. The van der Waals surface area contributed by atoms with Crippen LogP contribution in [0, 0.1) is 12.3 Å². The lowest BCUT2D eigenvalue weighted by molar-refractivity contribution is 0.306. The summed E-state index contributed by atoms with van der Waals surface area (Å²) in [6.45, 7) is 3.04. The van der Waals surface area contributed by atoms with Gasteiger partial charge >= 0.3 is 0 Å². The second-order valence-electron chi connectivity index (χ2n) is 7.62. The third kappa shape index (κ3) is 5.90. The number of aryl methyl sites for hydroxylation is 1. The zero-order chi connectivity index (χ0) is 18.0. The summed E-state index contributed by atoms with van der Waals surface area (Å²) in [7, 11) is 0. The highest BCUT2D eigenvalue weighted by molar-refractivity contribution is 5.64. The van der Waals surface area contributed by atoms with Crippen LogP contribution in [-0.4, -0.2) is 6.61 Å². The van der Waals surface area contributed by atoms with Gasteiger partial charge in [-0.05, 0) is 73.3 Å². The van der Waals surface area contributed by atoms with E-state index < -0.39 is 0 Å². The third-order valence-corrected chi connectivity index (χ3v) is 5.56. The van der Waals surface area contributed by atoms with Crippen LogP contribution in [0.25, 0.3) is 11.1 Å². The van der Waals surface area contributed by atoms with Gasteiger partial charge < -0.3 is 4.74 Å². The molecule has 1 radical (unpaired) electrons. The van der Waals surface area contributed by atoms with Gasteiger partial charge in [0.15, 0.2) is 0 Å². The van der Waals surface area contributed by atoms with E-state index in [0.717, 1.165) is 24.7 Å². The Morgan fingerprint density at radius 1 is 0.846 bits per heavy atom. The van der Waals surface area contributed by atoms with Gasteiger partial charge in [0.2, 0.25) is 0 Å². The lowest BCUT2D eigenvalue weighted by Gasteiger charge is -2.21. The lowest BCUT2D eigenvalue weighted by Crippen LogP contribution is -2.07. The van der Waals surface area contributed by atoms with E-state index in [9.17, 15) is 0 Å². The summed E-state index contributed by atoms with van der Waals surface area (Å²) in [5.74, 6) is 1.91. The molecule has 1 heteroatoms. The van der Waals surface area contributed by atoms with Crippen LogP contribution in [0.2, 0.25) is 0 Å². The van der Waals surface area contributed by atoms with E-state index >= 15 is 0 Å². The van der Waals surface area contributed by atoms with E-state index in [1.165, 1.54) is 68.1 Å². The first-order valence-electron chi connectivity index (χ1n) is 10.5. The molecule has 1 aliphatic rings. The third-order valence-electron chi connectivity index (χ3n) is 5.56. The molecule has 26 heavy (non-hydrogen) atoms. The average molecular weight is 350 g/mol. The highest BCUT2D eigenvalue weighted by atomic mass is 16.5. The molecule has 0 aliphatic heterocycles. The maximum atomic E-state index is 5.81. The van der Waals surface area contributed by atoms with Crippen LogP contribution in [0.1, 0.15) is 63.9 Å². The highest BCUT2D eigenvalue weighted by Gasteiger charge is 2.13. The molecule has 0 N–H and O–H groups in total. The minimum Gasteiger partial charge on any atom is -0.494 e. The Bertz CT molecular complexity index is 620. The first-order chi connectivity index (χ1) is 12.8. The molecular weight excluding hydrogens is 316 g/mol. The second kappa shape index (κ2) is 10.4. The topological polar surface area (TPSA) is 9.23 Å². The fourth-order valence-electron chi connectivity index (χ4n) is 3.80. The van der Waals surface area contributed by atoms with Crippen molar-refractivity contribution in [2.24, 2.45) is 5.92 Å². The zero-order valence-corrected chi connectivity index (χ0v) is 16.3. The molecule has 0 amide bonds. The van der Waals surface area contributed by atoms with Gasteiger partial charge in [0.05, 0.1) is 6.61 Å². The Labute approximate surface area is 159 Å². The quantitative estimate of drug-likeness (QED) is 0.433. The zero-order valence-electron chi connectivity index (χ0n) is 16.3. The molecule has 3 rings (SSSR count). The molecule has 0 bridgehead atoms. The summed E-state index contributed by atoms with van der Waals surface area (Å²) in [4.78, 5) is 0. The summed E-state index contributed by atoms with van der Waals surface area (Å²) in [6, 6.07) is 17.7. The number of hydrogen-bond donors (Lipinski definition) is 0. The van der Waals surface area contributed by atoms with Gasteiger partial charge in [-0.3, -0.25) is 0 Å². The largest absolute Gasteiger partial charge is 0.494 e. The van der Waals surface area contributed by atoms with Gasteiger partial charge in [-0.2, -0.15) is 0 Å². The van der Waals surface area contributed by atoms with Gasteiger partial charge in [0, 0.05) is 0 Å². The fourth-order valence-corrected chi connectivity index (χ4v) is 3.80. The van der Waals surface area contributed by atoms with E-state index in [-0.39, 0.29) is 0 Å². The normalized spacial score (nSPS) is 15.1. The second-order valence-corrected chi connectivity index (χ2v) is 7.62. The minimum atomic E-state index is 0.820. The molecule has 1 aliphatic carbocycles. The number of benzene rings is 2. The lowest BCUT2D eigenvalue weighted by atomic mass is 9.85. The Morgan fingerprint density at radius 3 is 2.15 bits per heavy atom. The maximum absolute atomic E-state index is 5.81. The summed E-state index contributed by atoms with van der Waals surface area (Å²) >= 11 is 0. The number of hydrogen-bond acceptors (Lipinski definition) is 1. The van der Waals surface area contributed by atoms with Crippen molar-refractivity contribution in [3.63, 3.8) is 0 Å². The van der Waals surface area contributed by atoms with E-state index in [4.69, 9.17) is 4.74 Å². The van der Waals surface area contributed by atoms with Crippen molar-refractivity contribution in [3.8, 4) is 16.9 Å². The molecule has 0 unspecified atom stereocenters. The van der Waals surface area contributed by atoms with Gasteiger partial charge in [-0.15, -0.1) is 0 Å². The molecule has 0 saturated heterocycles. The number of unbranched alkanes of at least 4 members (excludes halogenated alkanes) is 2. The monoisotopic (exact) mass is 349 g/mol. The number of rotatable bonds is 9. The summed E-state index contributed by atoms with van der Waals surface area (Å²) < 4.78 is 5.81. The molecule has 139 valence electrons. The molecule has 2 aromatic rings. The Balaban J connectivity index is 1.49. The van der Waals surface area contributed by atoms with Crippen LogP contribution in [0.3, 0.4) is 0 Å². The van der Waals surface area contributed by atoms with Crippen molar-refractivity contribution >= 4 is 0 Å². The van der Waals surface area contributed by atoms with Crippen LogP contribution in [-0.2, 0) is 6.42 Å². The number of ether oxygens (including phenoxy) is 1. The van der Waals surface area contributed by atoms with Crippen LogP contribution in [0.4, 0.5) is 0 Å². The summed E-state index contributed by atoms with van der Waals surface area (Å²) in [5.41, 5.74) is 4.03. The van der Waals surface area contributed by atoms with Crippen molar-refractivity contribution < 1.29 is 4.74 Å². The van der Waals surface area contributed by atoms with E-state index in [1.54, 1.807) is 0 Å². The highest BCUT2D eigenvalue weighted by Crippen LogP contribution is 2.28. The molecule has 0 aromatic heterocycles. The van der Waals surface area contributed by atoms with Crippen LogP contribution in [0.5, 0.6) is 5.75 Å². The van der Waals surface area contributed by atoms with E-state index in [0.29, 0.717) is 0 Å². The van der Waals surface area contributed by atoms with Gasteiger partial charge in [0.1, 0.15) is 5.75 Å². The van der Waals surface area contributed by atoms with Crippen LogP contribution >= 0.6 is 0 Å². The summed E-state index contributed by atoms with van der Waals surface area (Å²) in [6.07, 6.45) is 14.1. The van der Waals surface area contributed by atoms with Crippen LogP contribution in [0.15, 0.2) is 48.5 Å². The van der Waals surface area contributed by atoms with E-state index in [2.05, 4.69) is 61.9 Å². The first-order valence-corrected chi connectivity index (χ1v) is 10.5. The predicted octanol–water partition coefficient (Wildman–Crippen LogP) is 7.25. The van der Waals surface area contributed by atoms with Crippen molar-refractivity contribution in [3.05, 3.63) is 60.5 Å². The average Bonchev–Trinajstić information content (AvgIpc) is 2.71. The first kappa shape index (κ1) is 19.0. The van der Waals surface area contributed by atoms with Gasteiger partial charge in [0.25, 0.3) is 0 Å². The maximum Gasteiger partial charge on any atom is 0.119 e. The molecule has 0 spiro atoms. The van der Waals surface area contributed by atoms with E-state index in [1.807, 2.05) is 0 Å². The van der Waals surface area contributed by atoms with Crippen molar-refractivity contribution in [1.82, 2.24) is 0 Å². The SMILES string of the molecule is CCCCCOc1ccc(-c2ccc(CCC3CC[CH]CC3)cc2)cc1. The van der Waals surface area contributed by atoms with Crippen LogP contribution < -0.4 is 4.74 Å². The van der Waals surface area contributed by atoms with Gasteiger partial charge in [-0.25, -0.2) is 0 Å². The minimum absolute atomic E-state index is 0.820. The van der Waals surface area contributed by atoms with Gasteiger partial charge in [-0.1, -0.05) is 69.0 Å². The smallest absolute Gasteiger partial charge is 0.119 e. The molecular formula is C25H33O. The Hall–Kier alpha value is -1.76. The molecule has 0 heterocycles. The van der Waals surface area contributed by atoms with Crippen molar-refractivity contribution in [1.29, 1.82) is 0 Å². The van der Waals surface area contributed by atoms with Crippen molar-refractivity contribution in [2.45, 2.75) is 64.7 Å². The standard InChI is InChI=1S/C25H33O/c1-2-3-7-20-26-25-18-16-24(17-19-25)23-14-12-22(13-15-23)11-10-21-8-5-4-6-9-21/h4,12-19,21H,2-3,5-11,20H2,1H3. The molecule has 0 atom stereocenters. The molecule has 1 nitrogen and oxygen atoms in total. The fraction of sp³-hybridized carbons (Fsp3) is 0.480. The molecule has 1 fully saturated rings. The molecule has 2 aromatic carbocycles.